The fourth-order valence-corrected chi connectivity index (χ4v) is 5.15. The summed E-state index contributed by atoms with van der Waals surface area (Å²) >= 11 is 5.98. The number of aliphatic hydroxyl groups excluding tert-OH is 1. The number of rotatable bonds is 5. The normalized spacial score (nSPS) is 16.0. The zero-order valence-corrected chi connectivity index (χ0v) is 19.1. The van der Waals surface area contributed by atoms with Crippen LogP contribution in [0.2, 0.25) is 5.02 Å². The highest BCUT2D eigenvalue weighted by atomic mass is 35.5. The van der Waals surface area contributed by atoms with Gasteiger partial charge >= 0.3 is 0 Å². The lowest BCUT2D eigenvalue weighted by atomic mass is 10.0. The molecule has 0 radical (unpaired) electrons. The molecule has 1 fully saturated rings. The third-order valence-corrected chi connectivity index (χ3v) is 7.07. The number of aliphatic hydroxyl groups is 1. The summed E-state index contributed by atoms with van der Waals surface area (Å²) in [6, 6.07) is 11.7. The Labute approximate surface area is 199 Å². The van der Waals surface area contributed by atoms with Gasteiger partial charge in [-0.05, 0) is 30.2 Å². The third kappa shape index (κ3) is 4.70. The molecule has 11 heteroatoms. The Hall–Kier alpha value is -3.21. The number of amides is 1. The molecule has 1 heterocycles. The number of carbonyl (C=O) groups excluding carboxylic acids is 1. The van der Waals surface area contributed by atoms with Crippen LogP contribution in [0.5, 0.6) is 5.75 Å². The van der Waals surface area contributed by atoms with Gasteiger partial charge in [0, 0.05) is 30.3 Å². The number of phenols is 1. The predicted molar refractivity (Wildman–Crippen MR) is 122 cm³/mol. The molecule has 1 aliphatic rings. The molecule has 3 aromatic carbocycles. The molecular formula is C23H19ClF2N2O5S. The molecule has 1 amide bonds. The highest BCUT2D eigenvalue weighted by Gasteiger charge is 2.29. The summed E-state index contributed by atoms with van der Waals surface area (Å²) in [6.45, 7) is 0.336. The van der Waals surface area contributed by atoms with Crippen LogP contribution in [-0.4, -0.2) is 48.6 Å². The van der Waals surface area contributed by atoms with Crippen molar-refractivity contribution in [3.05, 3.63) is 76.8 Å². The van der Waals surface area contributed by atoms with Crippen molar-refractivity contribution in [1.29, 1.82) is 0 Å². The summed E-state index contributed by atoms with van der Waals surface area (Å²) in [5.41, 5.74) is -0.345. The summed E-state index contributed by atoms with van der Waals surface area (Å²) in [4.78, 5) is 13.3. The third-order valence-electron chi connectivity index (χ3n) is 5.40. The average molecular weight is 509 g/mol. The zero-order valence-electron chi connectivity index (χ0n) is 17.5. The number of nitrogens with zero attached hydrogens (tertiary/aromatic N) is 1. The lowest BCUT2D eigenvalue weighted by Crippen LogP contribution is -2.29. The first kappa shape index (κ1) is 23.9. The molecule has 1 atom stereocenters. The number of benzene rings is 3. The number of nitrogens with one attached hydrogen (secondary N) is 1. The Morgan fingerprint density at radius 3 is 2.44 bits per heavy atom. The fourth-order valence-electron chi connectivity index (χ4n) is 3.68. The van der Waals surface area contributed by atoms with E-state index >= 15 is 0 Å². The molecule has 0 spiro atoms. The lowest BCUT2D eigenvalue weighted by molar-refractivity contribution is 0.0764. The molecule has 1 saturated heterocycles. The fraction of sp³-hybridized carbons (Fsp3) is 0.174. The summed E-state index contributed by atoms with van der Waals surface area (Å²) in [5, 5.41) is 19.6. The van der Waals surface area contributed by atoms with E-state index in [0.717, 1.165) is 18.2 Å². The van der Waals surface area contributed by atoms with Gasteiger partial charge in [-0.15, -0.1) is 0 Å². The first-order chi connectivity index (χ1) is 16.1. The van der Waals surface area contributed by atoms with E-state index in [1.165, 1.54) is 4.90 Å². The Balaban J connectivity index is 1.72. The quantitative estimate of drug-likeness (QED) is 0.483. The van der Waals surface area contributed by atoms with Crippen LogP contribution < -0.4 is 4.72 Å². The van der Waals surface area contributed by atoms with Crippen molar-refractivity contribution in [1.82, 2.24) is 4.90 Å². The zero-order chi connectivity index (χ0) is 24.6. The van der Waals surface area contributed by atoms with Gasteiger partial charge in [-0.25, -0.2) is 17.2 Å². The van der Waals surface area contributed by atoms with E-state index in [4.69, 9.17) is 11.6 Å². The van der Waals surface area contributed by atoms with E-state index in [9.17, 15) is 32.2 Å². The minimum Gasteiger partial charge on any atom is -0.505 e. The summed E-state index contributed by atoms with van der Waals surface area (Å²) in [7, 11) is -4.66. The van der Waals surface area contributed by atoms with Gasteiger partial charge in [0.05, 0.1) is 16.8 Å². The Morgan fingerprint density at radius 2 is 1.79 bits per heavy atom. The number of aromatic hydroxyl groups is 1. The van der Waals surface area contributed by atoms with Gasteiger partial charge in [0.25, 0.3) is 15.9 Å². The average Bonchev–Trinajstić information content (AvgIpc) is 3.23. The number of halogens is 3. The van der Waals surface area contributed by atoms with Gasteiger partial charge in [0.1, 0.15) is 16.5 Å². The van der Waals surface area contributed by atoms with E-state index in [-0.39, 0.29) is 24.2 Å². The van der Waals surface area contributed by atoms with Crippen molar-refractivity contribution >= 4 is 33.2 Å². The lowest BCUT2D eigenvalue weighted by Gasteiger charge is -2.18. The highest BCUT2D eigenvalue weighted by Crippen LogP contribution is 2.35. The number of β-amino-alcohol motifs (C(OH)–C–C–N with tert-alkyl or cyclic N) is 1. The van der Waals surface area contributed by atoms with Gasteiger partial charge in [-0.2, -0.15) is 0 Å². The molecule has 0 bridgehead atoms. The summed E-state index contributed by atoms with van der Waals surface area (Å²) < 4.78 is 57.0. The van der Waals surface area contributed by atoms with Gasteiger partial charge in [0.2, 0.25) is 0 Å². The second-order valence-corrected chi connectivity index (χ2v) is 9.84. The maximum Gasteiger partial charge on any atom is 0.265 e. The van der Waals surface area contributed by atoms with Crippen LogP contribution in [0, 0.1) is 11.6 Å². The Bertz CT molecular complexity index is 1370. The van der Waals surface area contributed by atoms with Crippen molar-refractivity contribution in [3.63, 3.8) is 0 Å². The van der Waals surface area contributed by atoms with Crippen LogP contribution in [0.25, 0.3) is 11.1 Å². The molecule has 4 rings (SSSR count). The number of anilines is 1. The SMILES string of the molecule is O=C(c1cc(Cl)c(O)c(S(=O)(=O)Nc2cc(-c3ccccc3)c(F)cc2F)c1)N1CC[C@@H](O)C1. The van der Waals surface area contributed by atoms with Crippen molar-refractivity contribution in [3.8, 4) is 16.9 Å². The summed E-state index contributed by atoms with van der Waals surface area (Å²) in [5.74, 6) is -3.49. The predicted octanol–water partition coefficient (Wildman–Crippen LogP) is 4.00. The van der Waals surface area contributed by atoms with Crippen LogP contribution in [0.15, 0.2) is 59.5 Å². The molecule has 178 valence electrons. The van der Waals surface area contributed by atoms with Crippen LogP contribution in [-0.2, 0) is 10.0 Å². The van der Waals surface area contributed by atoms with Crippen molar-refractivity contribution in [2.45, 2.75) is 17.4 Å². The monoisotopic (exact) mass is 508 g/mol. The molecule has 3 aromatic rings. The number of likely N-dealkylation sites (tertiary alicyclic amines) is 1. The summed E-state index contributed by atoms with van der Waals surface area (Å²) in [6.07, 6.45) is -0.320. The number of phenolic OH excluding ortho intramolecular Hbond substituents is 1. The topological polar surface area (TPSA) is 107 Å². The van der Waals surface area contributed by atoms with Gasteiger partial charge in [0.15, 0.2) is 5.75 Å². The van der Waals surface area contributed by atoms with Gasteiger partial charge in [-0.1, -0.05) is 41.9 Å². The maximum atomic E-state index is 14.5. The van der Waals surface area contributed by atoms with Crippen molar-refractivity contribution < 1.29 is 32.2 Å². The highest BCUT2D eigenvalue weighted by molar-refractivity contribution is 7.92. The number of hydrogen-bond acceptors (Lipinski definition) is 5. The first-order valence-corrected chi connectivity index (χ1v) is 12.0. The minimum atomic E-state index is -4.66. The largest absolute Gasteiger partial charge is 0.505 e. The maximum absolute atomic E-state index is 14.5. The van der Waals surface area contributed by atoms with Crippen molar-refractivity contribution in [2.75, 3.05) is 17.8 Å². The molecule has 34 heavy (non-hydrogen) atoms. The Kier molecular flexibility index (Phi) is 6.48. The molecular weight excluding hydrogens is 490 g/mol. The van der Waals surface area contributed by atoms with E-state index in [1.54, 1.807) is 30.3 Å². The first-order valence-electron chi connectivity index (χ1n) is 10.1. The number of carbonyl (C=O) groups is 1. The van der Waals surface area contributed by atoms with Crippen LogP contribution in [0.3, 0.4) is 0 Å². The minimum absolute atomic E-state index is 0.0431. The number of hydrogen-bond donors (Lipinski definition) is 3. The smallest absolute Gasteiger partial charge is 0.265 e. The van der Waals surface area contributed by atoms with E-state index < -0.39 is 55.0 Å². The van der Waals surface area contributed by atoms with E-state index in [2.05, 4.69) is 0 Å². The van der Waals surface area contributed by atoms with Crippen LogP contribution in [0.4, 0.5) is 14.5 Å². The number of sulfonamides is 1. The molecule has 3 N–H and O–H groups in total. The molecule has 0 aliphatic carbocycles. The Morgan fingerprint density at radius 1 is 1.09 bits per heavy atom. The molecule has 0 saturated carbocycles. The van der Waals surface area contributed by atoms with Crippen LogP contribution in [0.1, 0.15) is 16.8 Å². The second-order valence-electron chi connectivity index (χ2n) is 7.78. The molecule has 0 aromatic heterocycles. The van der Waals surface area contributed by atoms with Gasteiger partial charge < -0.3 is 15.1 Å². The molecule has 7 nitrogen and oxygen atoms in total. The second kappa shape index (κ2) is 9.21. The van der Waals surface area contributed by atoms with Gasteiger partial charge in [-0.3, -0.25) is 9.52 Å². The molecule has 1 aliphatic heterocycles. The van der Waals surface area contributed by atoms with E-state index in [0.29, 0.717) is 18.1 Å². The van der Waals surface area contributed by atoms with Crippen molar-refractivity contribution in [2.24, 2.45) is 0 Å². The van der Waals surface area contributed by atoms with Crippen LogP contribution >= 0.6 is 11.6 Å². The molecule has 0 unspecified atom stereocenters. The van der Waals surface area contributed by atoms with E-state index in [1.807, 2.05) is 4.72 Å². The standard InChI is InChI=1S/C23H19ClF2N2O5S/c24-17-8-14(23(31)28-7-6-15(29)12-28)9-21(22(17)30)34(32,33)27-20-10-16(18(25)11-19(20)26)13-4-2-1-3-5-13/h1-5,8-11,15,27,29-30H,6-7,12H2/t15-/m1/s1.